The summed E-state index contributed by atoms with van der Waals surface area (Å²) in [6.07, 6.45) is 21.3. The van der Waals surface area contributed by atoms with Crippen LogP contribution in [0.3, 0.4) is 0 Å². The van der Waals surface area contributed by atoms with Gasteiger partial charge in [-0.25, -0.2) is 15.0 Å². The lowest BCUT2D eigenvalue weighted by Gasteiger charge is -2.13. The van der Waals surface area contributed by atoms with Crippen LogP contribution in [0, 0.1) is 6.92 Å². The summed E-state index contributed by atoms with van der Waals surface area (Å²) in [5, 5.41) is 43.2. The van der Waals surface area contributed by atoms with E-state index in [1.807, 2.05) is 32.9 Å². The van der Waals surface area contributed by atoms with Crippen LogP contribution in [0.4, 0.5) is 0 Å². The number of H-pyrrole nitrogens is 1. The summed E-state index contributed by atoms with van der Waals surface area (Å²) < 4.78 is 0. The highest BCUT2D eigenvalue weighted by atomic mass is 16.4. The maximum absolute atomic E-state index is 11.9. The van der Waals surface area contributed by atoms with Gasteiger partial charge in [-0.1, -0.05) is 47.6 Å². The molecule has 0 aromatic carbocycles. The Morgan fingerprint density at radius 2 is 1.34 bits per heavy atom. The second-order valence-electron chi connectivity index (χ2n) is 15.9. The van der Waals surface area contributed by atoms with Gasteiger partial charge >= 0.3 is 11.9 Å². The van der Waals surface area contributed by atoms with Gasteiger partial charge in [-0.3, -0.25) is 9.59 Å². The number of aromatic nitrogens is 1. The van der Waals surface area contributed by atoms with Crippen LogP contribution in [0.2, 0.25) is 0 Å². The molecule has 0 radical (unpaired) electrons. The third kappa shape index (κ3) is 10.8. The molecule has 4 aliphatic rings. The number of carboxylic acid groups (broad SMARTS) is 2. The Balaban J connectivity index is 1.58. The Hall–Kier alpha value is -5.87. The first-order valence-corrected chi connectivity index (χ1v) is 20.4. The predicted octanol–water partition coefficient (Wildman–Crippen LogP) is 9.29. The number of carbonyl (C=O) groups is 2. The fraction of sp³-hybridized carbons (Fsp3) is 0.367. The Labute approximate surface area is 347 Å². The Kier molecular flexibility index (Phi) is 14.8. The molecule has 0 aliphatic carbocycles. The normalized spacial score (nSPS) is 18.0. The van der Waals surface area contributed by atoms with E-state index in [1.54, 1.807) is 18.2 Å². The summed E-state index contributed by atoms with van der Waals surface area (Å²) in [6, 6.07) is 0. The summed E-state index contributed by atoms with van der Waals surface area (Å²) in [7, 11) is 0. The zero-order chi connectivity index (χ0) is 43.0. The first kappa shape index (κ1) is 44.2. The largest absolute Gasteiger partial charge is 0.515 e. The van der Waals surface area contributed by atoms with Gasteiger partial charge in [0.25, 0.3) is 0 Å². The average molecular weight is 799 g/mol. The van der Waals surface area contributed by atoms with Crippen molar-refractivity contribution in [2.45, 2.75) is 119 Å². The molecule has 1 aromatic heterocycles. The molecule has 0 saturated carbocycles. The third-order valence-corrected chi connectivity index (χ3v) is 11.2. The van der Waals surface area contributed by atoms with Crippen LogP contribution in [-0.2, 0) is 9.59 Å². The van der Waals surface area contributed by atoms with E-state index in [2.05, 4.69) is 57.5 Å². The molecule has 0 amide bonds. The number of carboxylic acids is 2. The van der Waals surface area contributed by atoms with Crippen LogP contribution in [-0.4, -0.2) is 60.6 Å². The highest BCUT2D eigenvalue weighted by Crippen LogP contribution is 2.37. The van der Waals surface area contributed by atoms with Crippen molar-refractivity contribution in [1.82, 2.24) is 4.98 Å². The summed E-state index contributed by atoms with van der Waals surface area (Å²) in [4.78, 5) is 41.9. The zero-order valence-corrected chi connectivity index (χ0v) is 35.5. The van der Waals surface area contributed by atoms with E-state index in [-0.39, 0.29) is 25.7 Å². The Bertz CT molecular complexity index is 2440. The number of hydrogen-bond donors (Lipinski definition) is 5. The molecule has 0 fully saturated rings. The SMILES string of the molecule is C=Cc1c(C)c2[nH]c1=CC1=NC(=CC3=C(CCC(=O)O)/C(=C\O)C(=N3)C=C3N=C(C=2)C([C@@H](O)CC/C=C(\C)CC/C=C(\C)CCC=C(C)C)=C3C)C(CCC(=O)O)=C1C. The molecule has 0 spiro atoms. The number of aromatic amines is 1. The topological polar surface area (TPSA) is 168 Å². The van der Waals surface area contributed by atoms with Crippen molar-refractivity contribution in [3.05, 3.63) is 132 Å². The summed E-state index contributed by atoms with van der Waals surface area (Å²) in [5.41, 5.74) is 12.8. The van der Waals surface area contributed by atoms with Crippen molar-refractivity contribution in [2.75, 3.05) is 0 Å². The van der Waals surface area contributed by atoms with E-state index in [4.69, 9.17) is 15.0 Å². The van der Waals surface area contributed by atoms with Crippen molar-refractivity contribution in [3.63, 3.8) is 0 Å². The van der Waals surface area contributed by atoms with Crippen molar-refractivity contribution >= 4 is 47.3 Å². The first-order chi connectivity index (χ1) is 28.1. The highest BCUT2D eigenvalue weighted by Gasteiger charge is 2.30. The molecule has 4 aliphatic heterocycles. The van der Waals surface area contributed by atoms with Crippen molar-refractivity contribution < 1.29 is 30.0 Å². The number of allylic oxidation sites excluding steroid dienone is 13. The summed E-state index contributed by atoms with van der Waals surface area (Å²) in [6.45, 7) is 18.5. The predicted molar refractivity (Wildman–Crippen MR) is 240 cm³/mol. The first-order valence-electron chi connectivity index (χ1n) is 20.4. The second-order valence-corrected chi connectivity index (χ2v) is 15.9. The summed E-state index contributed by atoms with van der Waals surface area (Å²) in [5.74, 6) is -1.94. The van der Waals surface area contributed by atoms with Gasteiger partial charge in [0, 0.05) is 40.2 Å². The van der Waals surface area contributed by atoms with E-state index < -0.39 is 18.0 Å². The summed E-state index contributed by atoms with van der Waals surface area (Å²) >= 11 is 0. The van der Waals surface area contributed by atoms with E-state index in [0.717, 1.165) is 70.5 Å². The van der Waals surface area contributed by atoms with Crippen molar-refractivity contribution in [1.29, 1.82) is 0 Å². The lowest BCUT2D eigenvalue weighted by molar-refractivity contribution is -0.137. The van der Waals surface area contributed by atoms with Crippen molar-refractivity contribution in [3.8, 4) is 0 Å². The number of aliphatic imine (C=N–C) groups is 3. The standard InChI is InChI=1S/C49H58N4O6/c1-9-34-31(6)39-25-45-49(46(55)18-12-17-30(5)16-11-15-29(4)14-10-13-28(2)3)33(8)40(52-45)24-44-37(27-54)36(20-22-48(58)59)43(53-44)26-42-35(19-21-47(56)57)32(7)38(51-42)23-41(34)50-39/h9,13,15,17,23-27,46,50,54-55H,1,10-12,14,16,18-22H2,2-8H3,(H,56,57)(H,58,59)/b29-15+,30-17+,37-27+,39-25?,40-24?,41-23?,42-26?/t46-/m0/s1. The lowest BCUT2D eigenvalue weighted by atomic mass is 9.94. The molecule has 10 heteroatoms. The quantitative estimate of drug-likeness (QED) is 0.0778. The zero-order valence-electron chi connectivity index (χ0n) is 35.5. The molecule has 10 nitrogen and oxygen atoms in total. The molecule has 5 rings (SSSR count). The van der Waals surface area contributed by atoms with E-state index >= 15 is 0 Å². The van der Waals surface area contributed by atoms with E-state index in [9.17, 15) is 30.0 Å². The van der Waals surface area contributed by atoms with Gasteiger partial charge in [0.1, 0.15) is 0 Å². The minimum Gasteiger partial charge on any atom is -0.515 e. The maximum atomic E-state index is 11.9. The lowest BCUT2D eigenvalue weighted by Crippen LogP contribution is -2.20. The molecule has 1 aromatic rings. The number of nitrogens with zero attached hydrogens (tertiary/aromatic N) is 3. The molecule has 0 unspecified atom stereocenters. The molecule has 310 valence electrons. The second kappa shape index (κ2) is 19.7. The average Bonchev–Trinajstić information content (AvgIpc) is 3.85. The number of aliphatic hydroxyl groups is 2. The molecular weight excluding hydrogens is 741 g/mol. The minimum atomic E-state index is -1.00. The van der Waals surface area contributed by atoms with Gasteiger partial charge in [0.2, 0.25) is 0 Å². The van der Waals surface area contributed by atoms with Gasteiger partial charge in [-0.15, -0.1) is 0 Å². The fourth-order valence-corrected chi connectivity index (χ4v) is 7.81. The number of rotatable bonds is 17. The molecular formula is C49H58N4O6. The number of fused-ring (bicyclic) bond motifs is 5. The van der Waals surface area contributed by atoms with Gasteiger partial charge in [-0.2, -0.15) is 0 Å². The van der Waals surface area contributed by atoms with Crippen LogP contribution in [0.1, 0.15) is 117 Å². The van der Waals surface area contributed by atoms with Crippen molar-refractivity contribution in [2.24, 2.45) is 15.0 Å². The van der Waals surface area contributed by atoms with Crippen LogP contribution in [0.25, 0.3) is 18.2 Å². The molecule has 59 heavy (non-hydrogen) atoms. The van der Waals surface area contributed by atoms with Crippen LogP contribution < -0.4 is 10.7 Å². The smallest absolute Gasteiger partial charge is 0.303 e. The molecule has 1 atom stereocenters. The van der Waals surface area contributed by atoms with E-state index in [1.165, 1.54) is 16.7 Å². The van der Waals surface area contributed by atoms with Crippen LogP contribution in [0.5, 0.6) is 0 Å². The molecule has 8 bridgehead atoms. The number of aliphatic hydroxyl groups excluding tert-OH is 2. The third-order valence-electron chi connectivity index (χ3n) is 11.2. The maximum Gasteiger partial charge on any atom is 0.303 e. The molecule has 5 heterocycles. The van der Waals surface area contributed by atoms with Gasteiger partial charge in [0.15, 0.2) is 0 Å². The Morgan fingerprint density at radius 3 is 1.97 bits per heavy atom. The van der Waals surface area contributed by atoms with Crippen LogP contribution in [0.15, 0.2) is 125 Å². The minimum absolute atomic E-state index is 0.0833. The van der Waals surface area contributed by atoms with Crippen LogP contribution >= 0.6 is 0 Å². The number of nitrogens with one attached hydrogen (secondary N) is 1. The highest BCUT2D eigenvalue weighted by molar-refractivity contribution is 6.25. The van der Waals surface area contributed by atoms with E-state index in [0.29, 0.717) is 63.8 Å². The number of hydrogen-bond acceptors (Lipinski definition) is 7. The van der Waals surface area contributed by atoms with Gasteiger partial charge in [-0.05, 0) is 152 Å². The fourth-order valence-electron chi connectivity index (χ4n) is 7.81. The number of aliphatic carboxylic acids is 2. The van der Waals surface area contributed by atoms with Gasteiger partial charge in [0.05, 0.1) is 46.6 Å². The van der Waals surface area contributed by atoms with Gasteiger partial charge < -0.3 is 25.4 Å². The molecule has 0 saturated heterocycles. The Morgan fingerprint density at radius 1 is 0.729 bits per heavy atom. The molecule has 5 N–H and O–H groups in total. The monoisotopic (exact) mass is 798 g/mol.